The first-order valence-corrected chi connectivity index (χ1v) is 11.7. The van der Waals surface area contributed by atoms with Gasteiger partial charge in [-0.1, -0.05) is 63.1 Å². The fraction of sp³-hybridized carbons (Fsp3) is 0.455. The lowest BCUT2D eigenvalue weighted by Crippen LogP contribution is -2.61. The van der Waals surface area contributed by atoms with Crippen LogP contribution in [0.2, 0.25) is 0 Å². The first-order chi connectivity index (χ1) is 14.2. The summed E-state index contributed by atoms with van der Waals surface area (Å²) in [5, 5.41) is 10.5. The van der Waals surface area contributed by atoms with Crippen molar-refractivity contribution in [2.75, 3.05) is 13.1 Å². The smallest absolute Gasteiger partial charge is 0.306 e. The number of nitrogens with zero attached hydrogens (tertiary/aromatic N) is 1. The standard InChI is InChI=1S/C22H30N2O5S/c1-3-5-14-24(15-6-4-2)21(27)22(23,16-20(25)26)30(28,29)19-13-9-11-17-10-7-8-12-18(17)19/h7-13H,3-6,14-16,23H2,1-2H3,(H,25,26)/t22-/m1/s1. The highest BCUT2D eigenvalue weighted by molar-refractivity contribution is 7.93. The number of rotatable bonds is 11. The van der Waals surface area contributed by atoms with Crippen molar-refractivity contribution < 1.29 is 23.1 Å². The van der Waals surface area contributed by atoms with E-state index in [1.54, 1.807) is 36.4 Å². The number of carboxylic acid groups (broad SMARTS) is 1. The quantitative estimate of drug-likeness (QED) is 0.561. The Hall–Kier alpha value is -2.45. The average Bonchev–Trinajstić information content (AvgIpc) is 2.72. The third-order valence-corrected chi connectivity index (χ3v) is 7.36. The van der Waals surface area contributed by atoms with E-state index in [0.717, 1.165) is 12.8 Å². The molecule has 0 aliphatic heterocycles. The van der Waals surface area contributed by atoms with E-state index in [4.69, 9.17) is 5.73 Å². The van der Waals surface area contributed by atoms with E-state index < -0.39 is 33.0 Å². The highest BCUT2D eigenvalue weighted by Gasteiger charge is 2.52. The summed E-state index contributed by atoms with van der Waals surface area (Å²) in [6.07, 6.45) is 1.96. The topological polar surface area (TPSA) is 118 Å². The van der Waals surface area contributed by atoms with Crippen LogP contribution in [0.25, 0.3) is 10.8 Å². The number of carboxylic acids is 1. The summed E-state index contributed by atoms with van der Waals surface area (Å²) >= 11 is 0. The molecular weight excluding hydrogens is 404 g/mol. The first kappa shape index (κ1) is 23.8. The Morgan fingerprint density at radius 3 is 2.13 bits per heavy atom. The molecule has 0 radical (unpaired) electrons. The van der Waals surface area contributed by atoms with Crippen LogP contribution in [0.15, 0.2) is 47.4 Å². The van der Waals surface area contributed by atoms with E-state index in [1.165, 1.54) is 11.0 Å². The summed E-state index contributed by atoms with van der Waals surface area (Å²) in [5.74, 6) is -2.31. The molecule has 30 heavy (non-hydrogen) atoms. The number of sulfone groups is 1. The van der Waals surface area contributed by atoms with E-state index in [-0.39, 0.29) is 4.90 Å². The molecule has 0 heterocycles. The van der Waals surface area contributed by atoms with Crippen LogP contribution in [-0.4, -0.2) is 48.3 Å². The van der Waals surface area contributed by atoms with Crippen LogP contribution in [0.4, 0.5) is 0 Å². The molecule has 0 aromatic heterocycles. The molecular formula is C22H30N2O5S. The molecule has 7 nitrogen and oxygen atoms in total. The van der Waals surface area contributed by atoms with Gasteiger partial charge >= 0.3 is 5.97 Å². The van der Waals surface area contributed by atoms with Crippen molar-refractivity contribution in [2.24, 2.45) is 5.73 Å². The van der Waals surface area contributed by atoms with Gasteiger partial charge in [0.05, 0.1) is 11.3 Å². The number of fused-ring (bicyclic) bond motifs is 1. The van der Waals surface area contributed by atoms with Gasteiger partial charge in [-0.25, -0.2) is 8.42 Å². The van der Waals surface area contributed by atoms with E-state index >= 15 is 0 Å². The number of carbonyl (C=O) groups excluding carboxylic acids is 1. The largest absolute Gasteiger partial charge is 0.481 e. The highest BCUT2D eigenvalue weighted by atomic mass is 32.2. The van der Waals surface area contributed by atoms with Gasteiger partial charge in [0, 0.05) is 18.5 Å². The zero-order chi connectivity index (χ0) is 22.4. The molecule has 0 fully saturated rings. The summed E-state index contributed by atoms with van der Waals surface area (Å²) in [4.78, 5) is 23.7. The maximum Gasteiger partial charge on any atom is 0.306 e. The van der Waals surface area contributed by atoms with Crippen LogP contribution >= 0.6 is 0 Å². The maximum absolute atomic E-state index is 13.7. The van der Waals surface area contributed by atoms with Crippen molar-refractivity contribution in [3.63, 3.8) is 0 Å². The van der Waals surface area contributed by atoms with Crippen molar-refractivity contribution in [1.29, 1.82) is 0 Å². The monoisotopic (exact) mass is 434 g/mol. The molecule has 0 bridgehead atoms. The number of carbonyl (C=O) groups is 2. The van der Waals surface area contributed by atoms with Gasteiger partial charge in [-0.3, -0.25) is 9.59 Å². The molecule has 1 atom stereocenters. The van der Waals surface area contributed by atoms with E-state index in [9.17, 15) is 23.1 Å². The lowest BCUT2D eigenvalue weighted by atomic mass is 10.1. The van der Waals surface area contributed by atoms with Crippen LogP contribution in [-0.2, 0) is 19.4 Å². The molecule has 164 valence electrons. The average molecular weight is 435 g/mol. The zero-order valence-electron chi connectivity index (χ0n) is 17.5. The summed E-state index contributed by atoms with van der Waals surface area (Å²) in [6.45, 7) is 4.59. The van der Waals surface area contributed by atoms with Gasteiger partial charge in [0.2, 0.25) is 14.7 Å². The summed E-state index contributed by atoms with van der Waals surface area (Å²) in [6, 6.07) is 11.5. The van der Waals surface area contributed by atoms with Crippen LogP contribution in [0, 0.1) is 0 Å². The lowest BCUT2D eigenvalue weighted by Gasteiger charge is -2.33. The van der Waals surface area contributed by atoms with Crippen LogP contribution in [0.3, 0.4) is 0 Å². The molecule has 2 rings (SSSR count). The molecule has 0 saturated carbocycles. The second kappa shape index (κ2) is 10.0. The molecule has 0 aliphatic carbocycles. The minimum atomic E-state index is -4.51. The minimum Gasteiger partial charge on any atom is -0.481 e. The fourth-order valence-corrected chi connectivity index (χ4v) is 5.21. The number of unbranched alkanes of at least 4 members (excludes halogenated alkanes) is 2. The van der Waals surface area contributed by atoms with Gasteiger partial charge in [-0.05, 0) is 24.3 Å². The SMILES string of the molecule is CCCCN(CCCC)C(=O)[C@@](N)(CC(=O)O)S(=O)(=O)c1cccc2ccccc12. The number of hydrogen-bond donors (Lipinski definition) is 2. The van der Waals surface area contributed by atoms with Gasteiger partial charge in [0.15, 0.2) is 0 Å². The van der Waals surface area contributed by atoms with Gasteiger partial charge in [0.1, 0.15) is 0 Å². The lowest BCUT2D eigenvalue weighted by molar-refractivity contribution is -0.143. The van der Waals surface area contributed by atoms with Crippen molar-refractivity contribution in [1.82, 2.24) is 4.90 Å². The molecule has 1 amide bonds. The number of aliphatic carboxylic acids is 1. The molecule has 0 saturated heterocycles. The van der Waals surface area contributed by atoms with Crippen LogP contribution in [0.5, 0.6) is 0 Å². The zero-order valence-corrected chi connectivity index (χ0v) is 18.3. The predicted molar refractivity (Wildman–Crippen MR) is 117 cm³/mol. The van der Waals surface area contributed by atoms with Crippen molar-refractivity contribution in [3.05, 3.63) is 42.5 Å². The van der Waals surface area contributed by atoms with E-state index in [1.807, 2.05) is 13.8 Å². The van der Waals surface area contributed by atoms with Crippen LogP contribution in [0.1, 0.15) is 46.0 Å². The van der Waals surface area contributed by atoms with Gasteiger partial charge in [0.25, 0.3) is 5.91 Å². The van der Waals surface area contributed by atoms with Gasteiger partial charge in [-0.2, -0.15) is 0 Å². The molecule has 2 aromatic carbocycles. The number of hydrogen-bond acceptors (Lipinski definition) is 5. The third-order valence-electron chi connectivity index (χ3n) is 5.14. The second-order valence-electron chi connectivity index (χ2n) is 7.44. The number of amides is 1. The van der Waals surface area contributed by atoms with E-state index in [0.29, 0.717) is 36.7 Å². The third kappa shape index (κ3) is 4.82. The number of benzene rings is 2. The Bertz CT molecular complexity index is 992. The Labute approximate surface area is 177 Å². The van der Waals surface area contributed by atoms with Gasteiger partial charge < -0.3 is 15.7 Å². The summed E-state index contributed by atoms with van der Waals surface area (Å²) in [5.41, 5.74) is 6.23. The van der Waals surface area contributed by atoms with Crippen molar-refractivity contribution >= 4 is 32.5 Å². The van der Waals surface area contributed by atoms with Crippen molar-refractivity contribution in [2.45, 2.75) is 55.7 Å². The Balaban J connectivity index is 2.62. The molecule has 2 aromatic rings. The molecule has 3 N–H and O–H groups in total. The Morgan fingerprint density at radius 1 is 1.00 bits per heavy atom. The van der Waals surface area contributed by atoms with E-state index in [2.05, 4.69) is 0 Å². The minimum absolute atomic E-state index is 0.136. The maximum atomic E-state index is 13.7. The molecule has 0 aliphatic rings. The molecule has 0 unspecified atom stereocenters. The fourth-order valence-electron chi connectivity index (χ4n) is 3.42. The second-order valence-corrected chi connectivity index (χ2v) is 9.62. The summed E-state index contributed by atoms with van der Waals surface area (Å²) in [7, 11) is -4.51. The first-order valence-electron chi connectivity index (χ1n) is 10.2. The van der Waals surface area contributed by atoms with Crippen LogP contribution < -0.4 is 5.73 Å². The number of nitrogens with two attached hydrogens (primary N) is 1. The predicted octanol–water partition coefficient (Wildman–Crippen LogP) is 3.17. The molecule has 0 spiro atoms. The Kier molecular flexibility index (Phi) is 7.97. The van der Waals surface area contributed by atoms with Gasteiger partial charge in [-0.15, -0.1) is 0 Å². The van der Waals surface area contributed by atoms with Crippen molar-refractivity contribution in [3.8, 4) is 0 Å². The Morgan fingerprint density at radius 2 is 1.57 bits per heavy atom. The molecule has 8 heteroatoms. The highest BCUT2D eigenvalue weighted by Crippen LogP contribution is 2.32. The summed E-state index contributed by atoms with van der Waals surface area (Å²) < 4.78 is 27.3. The normalized spacial score (nSPS) is 13.7.